The van der Waals surface area contributed by atoms with E-state index < -0.39 is 0 Å². The van der Waals surface area contributed by atoms with Gasteiger partial charge in [-0.15, -0.1) is 0 Å². The van der Waals surface area contributed by atoms with Crippen molar-refractivity contribution in [2.45, 2.75) is 58.5 Å². The van der Waals surface area contributed by atoms with E-state index in [4.69, 9.17) is 5.26 Å². The van der Waals surface area contributed by atoms with E-state index in [2.05, 4.69) is 30.2 Å². The maximum Gasteiger partial charge on any atom is 0.140 e. The van der Waals surface area contributed by atoms with Crippen molar-refractivity contribution in [3.63, 3.8) is 0 Å². The molecule has 1 heterocycles. The molecule has 1 unspecified atom stereocenters. The van der Waals surface area contributed by atoms with E-state index in [-0.39, 0.29) is 0 Å². The van der Waals surface area contributed by atoms with Crippen molar-refractivity contribution in [3.8, 4) is 6.07 Å². The van der Waals surface area contributed by atoms with Crippen LogP contribution in [0, 0.1) is 11.3 Å². The number of aromatic nitrogens is 1. The Bertz CT molecular complexity index is 382. The minimum Gasteiger partial charge on any atom is -0.310 e. The van der Waals surface area contributed by atoms with E-state index in [1.165, 1.54) is 32.1 Å². The van der Waals surface area contributed by atoms with Crippen molar-refractivity contribution >= 4 is 0 Å². The maximum atomic E-state index is 8.81. The fourth-order valence-electron chi connectivity index (χ4n) is 2.06. The van der Waals surface area contributed by atoms with E-state index in [9.17, 15) is 0 Å². The molecule has 1 atom stereocenters. The molecule has 1 rings (SSSR count). The summed E-state index contributed by atoms with van der Waals surface area (Å²) in [5, 5.41) is 12.4. The molecule has 0 saturated heterocycles. The van der Waals surface area contributed by atoms with Crippen LogP contribution in [0.15, 0.2) is 18.3 Å². The summed E-state index contributed by atoms with van der Waals surface area (Å²) in [7, 11) is 0. The molecule has 0 saturated carbocycles. The molecular formula is C15H23N3. The minimum atomic E-state index is 0.495. The van der Waals surface area contributed by atoms with Crippen molar-refractivity contribution in [2.75, 3.05) is 0 Å². The van der Waals surface area contributed by atoms with Crippen LogP contribution in [0.25, 0.3) is 0 Å². The first-order chi connectivity index (χ1) is 8.80. The molecule has 1 aromatic rings. The third-order valence-electron chi connectivity index (χ3n) is 3.08. The fourth-order valence-corrected chi connectivity index (χ4v) is 2.06. The van der Waals surface area contributed by atoms with Crippen LogP contribution in [0.4, 0.5) is 0 Å². The van der Waals surface area contributed by atoms with E-state index >= 15 is 0 Å². The first-order valence-corrected chi connectivity index (χ1v) is 6.88. The Morgan fingerprint density at radius 2 is 2.17 bits per heavy atom. The summed E-state index contributed by atoms with van der Waals surface area (Å²) in [5.41, 5.74) is 1.63. The van der Waals surface area contributed by atoms with Gasteiger partial charge >= 0.3 is 0 Å². The molecule has 0 bridgehead atoms. The first kappa shape index (κ1) is 14.7. The van der Waals surface area contributed by atoms with Crippen LogP contribution in [-0.4, -0.2) is 11.0 Å². The summed E-state index contributed by atoms with van der Waals surface area (Å²) in [6.45, 7) is 5.28. The van der Waals surface area contributed by atoms with Gasteiger partial charge in [-0.25, -0.2) is 4.98 Å². The van der Waals surface area contributed by atoms with Gasteiger partial charge in [-0.05, 0) is 30.5 Å². The van der Waals surface area contributed by atoms with Gasteiger partial charge in [-0.2, -0.15) is 5.26 Å². The number of hydrogen-bond acceptors (Lipinski definition) is 3. The molecule has 0 radical (unpaired) electrons. The van der Waals surface area contributed by atoms with Gasteiger partial charge in [0, 0.05) is 18.8 Å². The van der Waals surface area contributed by atoms with E-state index in [0.717, 1.165) is 12.1 Å². The van der Waals surface area contributed by atoms with Gasteiger partial charge in [-0.1, -0.05) is 33.1 Å². The van der Waals surface area contributed by atoms with Crippen molar-refractivity contribution in [1.29, 1.82) is 5.26 Å². The van der Waals surface area contributed by atoms with E-state index in [1.807, 2.05) is 12.1 Å². The number of nitrogens with zero attached hydrogens (tertiary/aromatic N) is 2. The molecule has 0 amide bonds. The lowest BCUT2D eigenvalue weighted by atomic mass is 10.0. The molecular weight excluding hydrogens is 222 g/mol. The van der Waals surface area contributed by atoms with Crippen molar-refractivity contribution in [2.24, 2.45) is 0 Å². The Labute approximate surface area is 110 Å². The average molecular weight is 245 g/mol. The Kier molecular flexibility index (Phi) is 7.05. The van der Waals surface area contributed by atoms with Gasteiger partial charge in [0.05, 0.1) is 0 Å². The molecule has 1 aromatic heterocycles. The quantitative estimate of drug-likeness (QED) is 0.763. The second-order valence-corrected chi connectivity index (χ2v) is 4.67. The zero-order chi connectivity index (χ0) is 13.2. The lowest BCUT2D eigenvalue weighted by Gasteiger charge is -2.17. The summed E-state index contributed by atoms with van der Waals surface area (Å²) in [6, 6.07) is 6.49. The summed E-state index contributed by atoms with van der Waals surface area (Å²) in [4.78, 5) is 3.98. The average Bonchev–Trinajstić information content (AvgIpc) is 2.42. The third kappa shape index (κ3) is 5.29. The molecule has 3 heteroatoms. The summed E-state index contributed by atoms with van der Waals surface area (Å²) < 4.78 is 0. The maximum absolute atomic E-state index is 8.81. The normalized spacial score (nSPS) is 12.1. The van der Waals surface area contributed by atoms with Crippen LogP contribution < -0.4 is 5.32 Å². The Balaban J connectivity index is 2.47. The number of nitrogens with one attached hydrogen (secondary N) is 1. The van der Waals surface area contributed by atoms with E-state index in [0.29, 0.717) is 11.7 Å². The molecule has 0 aliphatic carbocycles. The standard InChI is InChI=1S/C15H23N3/c1-3-5-7-14(6-4-2)18-12-13-8-9-17-15(10-13)11-16/h8-10,14,18H,3-7,12H2,1-2H3. The zero-order valence-electron chi connectivity index (χ0n) is 11.4. The van der Waals surface area contributed by atoms with Gasteiger partial charge < -0.3 is 5.32 Å². The summed E-state index contributed by atoms with van der Waals surface area (Å²) in [6.07, 6.45) is 7.89. The predicted molar refractivity (Wildman–Crippen MR) is 74.0 cm³/mol. The second-order valence-electron chi connectivity index (χ2n) is 4.67. The molecule has 0 fully saturated rings. The molecule has 98 valence electrons. The first-order valence-electron chi connectivity index (χ1n) is 6.88. The molecule has 0 spiro atoms. The molecule has 3 nitrogen and oxygen atoms in total. The summed E-state index contributed by atoms with van der Waals surface area (Å²) in [5.74, 6) is 0. The molecule has 0 aliphatic rings. The number of unbranched alkanes of at least 4 members (excludes halogenated alkanes) is 1. The lowest BCUT2D eigenvalue weighted by Crippen LogP contribution is -2.28. The fraction of sp³-hybridized carbons (Fsp3) is 0.600. The molecule has 0 aliphatic heterocycles. The van der Waals surface area contributed by atoms with Gasteiger partial charge in [-0.3, -0.25) is 0 Å². The highest BCUT2D eigenvalue weighted by Crippen LogP contribution is 2.08. The number of pyridine rings is 1. The van der Waals surface area contributed by atoms with Gasteiger partial charge in [0.25, 0.3) is 0 Å². The predicted octanol–water partition coefficient (Wildman–Crippen LogP) is 3.40. The third-order valence-corrected chi connectivity index (χ3v) is 3.08. The van der Waals surface area contributed by atoms with Gasteiger partial charge in [0.2, 0.25) is 0 Å². The highest BCUT2D eigenvalue weighted by molar-refractivity contribution is 5.25. The van der Waals surface area contributed by atoms with Crippen LogP contribution >= 0.6 is 0 Å². The number of nitriles is 1. The highest BCUT2D eigenvalue weighted by atomic mass is 14.9. The SMILES string of the molecule is CCCCC(CCC)NCc1ccnc(C#N)c1. The smallest absolute Gasteiger partial charge is 0.140 e. The van der Waals surface area contributed by atoms with Gasteiger partial charge in [0.1, 0.15) is 11.8 Å². The van der Waals surface area contributed by atoms with E-state index in [1.54, 1.807) is 6.20 Å². The van der Waals surface area contributed by atoms with Crippen molar-refractivity contribution < 1.29 is 0 Å². The minimum absolute atomic E-state index is 0.495. The monoisotopic (exact) mass is 245 g/mol. The van der Waals surface area contributed by atoms with Crippen LogP contribution in [0.5, 0.6) is 0 Å². The van der Waals surface area contributed by atoms with Crippen LogP contribution in [0.1, 0.15) is 57.2 Å². The van der Waals surface area contributed by atoms with Gasteiger partial charge in [0.15, 0.2) is 0 Å². The summed E-state index contributed by atoms with van der Waals surface area (Å²) >= 11 is 0. The number of rotatable bonds is 8. The Morgan fingerprint density at radius 1 is 1.33 bits per heavy atom. The second kappa shape index (κ2) is 8.66. The molecule has 18 heavy (non-hydrogen) atoms. The topological polar surface area (TPSA) is 48.7 Å². The lowest BCUT2D eigenvalue weighted by molar-refractivity contribution is 0.434. The Hall–Kier alpha value is -1.40. The van der Waals surface area contributed by atoms with Crippen molar-refractivity contribution in [1.82, 2.24) is 10.3 Å². The highest BCUT2D eigenvalue weighted by Gasteiger charge is 2.06. The zero-order valence-corrected chi connectivity index (χ0v) is 11.4. The molecule has 0 aromatic carbocycles. The van der Waals surface area contributed by atoms with Crippen LogP contribution in [0.3, 0.4) is 0 Å². The van der Waals surface area contributed by atoms with Crippen LogP contribution in [0.2, 0.25) is 0 Å². The largest absolute Gasteiger partial charge is 0.310 e. The Morgan fingerprint density at radius 3 is 2.83 bits per heavy atom. The number of hydrogen-bond donors (Lipinski definition) is 1. The molecule has 1 N–H and O–H groups in total. The van der Waals surface area contributed by atoms with Crippen molar-refractivity contribution in [3.05, 3.63) is 29.6 Å². The van der Waals surface area contributed by atoms with Crippen LogP contribution in [-0.2, 0) is 6.54 Å².